The Bertz CT molecular complexity index is 233. The lowest BCUT2D eigenvalue weighted by Crippen LogP contribution is -1.97. The molecule has 80 valence electrons. The highest BCUT2D eigenvalue weighted by Gasteiger charge is 1.96. The Balaban J connectivity index is 3.78. The molecule has 0 amide bonds. The van der Waals surface area contributed by atoms with Gasteiger partial charge in [0.25, 0.3) is 0 Å². The van der Waals surface area contributed by atoms with Gasteiger partial charge in [-0.1, -0.05) is 23.3 Å². The molecule has 0 spiro atoms. The number of carbonyl (C=O) groups is 1. The highest BCUT2D eigenvalue weighted by Crippen LogP contribution is 2.07. The summed E-state index contributed by atoms with van der Waals surface area (Å²) < 4.78 is 4.55. The van der Waals surface area contributed by atoms with E-state index in [1.807, 2.05) is 13.0 Å². The van der Waals surface area contributed by atoms with E-state index in [0.717, 1.165) is 12.8 Å². The molecule has 0 aliphatic heterocycles. The molecule has 0 unspecified atom stereocenters. The molecule has 0 aromatic heterocycles. The number of allylic oxidation sites excluding steroid dienone is 3. The van der Waals surface area contributed by atoms with Gasteiger partial charge in [-0.3, -0.25) is 4.79 Å². The summed E-state index contributed by atoms with van der Waals surface area (Å²) in [7, 11) is 1.41. The van der Waals surface area contributed by atoms with Gasteiger partial charge in [-0.25, -0.2) is 0 Å². The van der Waals surface area contributed by atoms with Gasteiger partial charge in [-0.2, -0.15) is 0 Å². The molecule has 0 saturated carbocycles. The number of carbonyl (C=O) groups excluding carboxylic acids is 1. The van der Waals surface area contributed by atoms with E-state index in [4.69, 9.17) is 0 Å². The van der Waals surface area contributed by atoms with Gasteiger partial charge in [-0.15, -0.1) is 0 Å². The lowest BCUT2D eigenvalue weighted by molar-refractivity contribution is -0.139. The molecule has 2 heteroatoms. The van der Waals surface area contributed by atoms with Crippen LogP contribution in [-0.2, 0) is 9.53 Å². The highest BCUT2D eigenvalue weighted by molar-refractivity contribution is 5.71. The average Bonchev–Trinajstić information content (AvgIpc) is 2.13. The van der Waals surface area contributed by atoms with Crippen molar-refractivity contribution in [1.82, 2.24) is 0 Å². The van der Waals surface area contributed by atoms with E-state index >= 15 is 0 Å². The minimum absolute atomic E-state index is 0.174. The van der Waals surface area contributed by atoms with E-state index in [2.05, 4.69) is 24.7 Å². The second-order valence-corrected chi connectivity index (χ2v) is 3.65. The zero-order valence-electron chi connectivity index (χ0n) is 9.59. The van der Waals surface area contributed by atoms with Gasteiger partial charge in [0.1, 0.15) is 0 Å². The Morgan fingerprint density at radius 3 is 2.36 bits per heavy atom. The topological polar surface area (TPSA) is 26.3 Å². The third-order valence-electron chi connectivity index (χ3n) is 1.94. The Hall–Kier alpha value is -1.05. The fourth-order valence-corrected chi connectivity index (χ4v) is 1.03. The van der Waals surface area contributed by atoms with Gasteiger partial charge in [0, 0.05) is 0 Å². The second-order valence-electron chi connectivity index (χ2n) is 3.65. The fourth-order valence-electron chi connectivity index (χ4n) is 1.03. The van der Waals surface area contributed by atoms with E-state index in [-0.39, 0.29) is 5.97 Å². The van der Waals surface area contributed by atoms with Crippen molar-refractivity contribution in [3.05, 3.63) is 23.3 Å². The molecule has 0 rings (SSSR count). The first-order valence-corrected chi connectivity index (χ1v) is 4.92. The van der Waals surface area contributed by atoms with E-state index in [9.17, 15) is 4.79 Å². The van der Waals surface area contributed by atoms with E-state index in [1.165, 1.54) is 18.3 Å². The van der Waals surface area contributed by atoms with Crippen LogP contribution in [0.15, 0.2) is 23.3 Å². The zero-order chi connectivity index (χ0) is 11.0. The molecule has 0 radical (unpaired) electrons. The van der Waals surface area contributed by atoms with Crippen molar-refractivity contribution in [1.29, 1.82) is 0 Å². The van der Waals surface area contributed by atoms with Crippen molar-refractivity contribution in [3.8, 4) is 0 Å². The summed E-state index contributed by atoms with van der Waals surface area (Å²) in [6.07, 6.45) is 6.59. The van der Waals surface area contributed by atoms with Gasteiger partial charge in [-0.05, 0) is 33.6 Å². The van der Waals surface area contributed by atoms with Crippen LogP contribution in [0.4, 0.5) is 0 Å². The zero-order valence-corrected chi connectivity index (χ0v) is 9.59. The number of ether oxygens (including phenoxy) is 1. The molecule has 0 heterocycles. The molecule has 0 fully saturated rings. The van der Waals surface area contributed by atoms with Crippen LogP contribution in [0.3, 0.4) is 0 Å². The van der Waals surface area contributed by atoms with Crippen LogP contribution >= 0.6 is 0 Å². The first kappa shape index (κ1) is 12.9. The molecule has 0 aliphatic carbocycles. The third kappa shape index (κ3) is 7.59. The van der Waals surface area contributed by atoms with Crippen LogP contribution in [0.1, 0.15) is 40.0 Å². The maximum atomic E-state index is 10.8. The van der Waals surface area contributed by atoms with Crippen molar-refractivity contribution >= 4 is 5.97 Å². The standard InChI is InChI=1S/C12H20O2/c1-10(2)6-5-7-11(3)8-9-12(13)14-4/h6,8H,5,7,9H2,1-4H3/b11-8+. The highest BCUT2D eigenvalue weighted by atomic mass is 16.5. The summed E-state index contributed by atoms with van der Waals surface area (Å²) in [6.45, 7) is 6.22. The molecule has 14 heavy (non-hydrogen) atoms. The van der Waals surface area contributed by atoms with Crippen molar-refractivity contribution in [2.45, 2.75) is 40.0 Å². The Morgan fingerprint density at radius 1 is 1.21 bits per heavy atom. The molecule has 0 bridgehead atoms. The first-order valence-electron chi connectivity index (χ1n) is 4.92. The number of hydrogen-bond acceptors (Lipinski definition) is 2. The Kier molecular flexibility index (Phi) is 6.81. The molecule has 0 aromatic rings. The van der Waals surface area contributed by atoms with Gasteiger partial charge in [0.2, 0.25) is 0 Å². The van der Waals surface area contributed by atoms with Gasteiger partial charge in [0.05, 0.1) is 13.5 Å². The van der Waals surface area contributed by atoms with Crippen LogP contribution in [0.5, 0.6) is 0 Å². The fraction of sp³-hybridized carbons (Fsp3) is 0.583. The quantitative estimate of drug-likeness (QED) is 0.498. The summed E-state index contributed by atoms with van der Waals surface area (Å²) in [5.41, 5.74) is 2.58. The monoisotopic (exact) mass is 196 g/mol. The lowest BCUT2D eigenvalue weighted by Gasteiger charge is -1.98. The molecule has 0 aliphatic rings. The van der Waals surface area contributed by atoms with Crippen LogP contribution in [0.25, 0.3) is 0 Å². The lowest BCUT2D eigenvalue weighted by atomic mass is 10.1. The summed E-state index contributed by atoms with van der Waals surface area (Å²) >= 11 is 0. The average molecular weight is 196 g/mol. The first-order chi connectivity index (χ1) is 6.56. The van der Waals surface area contributed by atoms with Gasteiger partial charge >= 0.3 is 5.97 Å². The predicted octanol–water partition coefficient (Wildman–Crippen LogP) is 3.24. The number of methoxy groups -OCH3 is 1. The SMILES string of the molecule is COC(=O)C/C=C(\C)CCC=C(C)C. The minimum Gasteiger partial charge on any atom is -0.469 e. The molecular formula is C12H20O2. The van der Waals surface area contributed by atoms with E-state index < -0.39 is 0 Å². The number of hydrogen-bond donors (Lipinski definition) is 0. The van der Waals surface area contributed by atoms with E-state index in [1.54, 1.807) is 0 Å². The van der Waals surface area contributed by atoms with Gasteiger partial charge in [0.15, 0.2) is 0 Å². The van der Waals surface area contributed by atoms with Crippen LogP contribution in [0, 0.1) is 0 Å². The maximum absolute atomic E-state index is 10.8. The largest absolute Gasteiger partial charge is 0.469 e. The predicted molar refractivity (Wildman–Crippen MR) is 59.1 cm³/mol. The Labute approximate surface area is 86.6 Å². The maximum Gasteiger partial charge on any atom is 0.309 e. The molecule has 0 aromatic carbocycles. The summed E-state index contributed by atoms with van der Waals surface area (Å²) in [4.78, 5) is 10.8. The van der Waals surface area contributed by atoms with Crippen LogP contribution in [-0.4, -0.2) is 13.1 Å². The third-order valence-corrected chi connectivity index (χ3v) is 1.94. The van der Waals surface area contributed by atoms with Crippen LogP contribution < -0.4 is 0 Å². The molecule has 2 nitrogen and oxygen atoms in total. The molecule has 0 saturated heterocycles. The van der Waals surface area contributed by atoms with Crippen molar-refractivity contribution in [2.75, 3.05) is 7.11 Å². The van der Waals surface area contributed by atoms with Crippen molar-refractivity contribution in [2.24, 2.45) is 0 Å². The second kappa shape index (κ2) is 7.36. The molecule has 0 N–H and O–H groups in total. The number of esters is 1. The number of rotatable bonds is 5. The molecular weight excluding hydrogens is 176 g/mol. The van der Waals surface area contributed by atoms with Crippen molar-refractivity contribution in [3.63, 3.8) is 0 Å². The minimum atomic E-state index is -0.174. The summed E-state index contributed by atoms with van der Waals surface area (Å²) in [5, 5.41) is 0. The summed E-state index contributed by atoms with van der Waals surface area (Å²) in [6, 6.07) is 0. The Morgan fingerprint density at radius 2 is 1.86 bits per heavy atom. The normalized spacial score (nSPS) is 11.0. The van der Waals surface area contributed by atoms with Gasteiger partial charge < -0.3 is 4.74 Å². The molecule has 0 atom stereocenters. The van der Waals surface area contributed by atoms with Crippen LogP contribution in [0.2, 0.25) is 0 Å². The smallest absolute Gasteiger partial charge is 0.309 e. The van der Waals surface area contributed by atoms with Crippen molar-refractivity contribution < 1.29 is 9.53 Å². The summed E-state index contributed by atoms with van der Waals surface area (Å²) in [5.74, 6) is -0.174. The van der Waals surface area contributed by atoms with E-state index in [0.29, 0.717) is 6.42 Å².